The Morgan fingerprint density at radius 2 is 2.00 bits per heavy atom. The molecule has 0 bridgehead atoms. The number of anilines is 1. The Balaban J connectivity index is 2.15. The van der Waals surface area contributed by atoms with Crippen molar-refractivity contribution in [2.45, 2.75) is 4.90 Å². The highest BCUT2D eigenvalue weighted by Gasteiger charge is 2.30. The normalized spacial score (nSPS) is 14.2. The lowest BCUT2D eigenvalue weighted by atomic mass is 10.2. The molecule has 0 aliphatic carbocycles. The molecule has 0 fully saturated rings. The van der Waals surface area contributed by atoms with Crippen LogP contribution in [0.1, 0.15) is 0 Å². The van der Waals surface area contributed by atoms with E-state index in [1.54, 1.807) is 7.11 Å². The summed E-state index contributed by atoms with van der Waals surface area (Å²) in [6.07, 6.45) is 1.02. The van der Waals surface area contributed by atoms with Crippen LogP contribution in [-0.2, 0) is 23.8 Å². The molecule has 2 rings (SSSR count). The molecule has 0 N–H and O–H groups in total. The monoisotopic (exact) mass is 374 g/mol. The summed E-state index contributed by atoms with van der Waals surface area (Å²) >= 11 is 1.33. The fraction of sp³-hybridized carbons (Fsp3) is 0.278. The van der Waals surface area contributed by atoms with Crippen LogP contribution in [0, 0.1) is 11.3 Å². The Morgan fingerprint density at radius 1 is 1.27 bits per heavy atom. The Bertz CT molecular complexity index is 769. The fourth-order valence-corrected chi connectivity index (χ4v) is 3.38. The summed E-state index contributed by atoms with van der Waals surface area (Å²) in [5.74, 6) is -1.37. The van der Waals surface area contributed by atoms with Crippen molar-refractivity contribution in [1.29, 1.82) is 5.26 Å². The van der Waals surface area contributed by atoms with Gasteiger partial charge in [-0.2, -0.15) is 5.26 Å². The summed E-state index contributed by atoms with van der Waals surface area (Å²) in [7, 11) is 1.59. The number of thioether (sulfide) groups is 1. The minimum atomic E-state index is -0.764. The molecule has 1 aromatic rings. The van der Waals surface area contributed by atoms with Crippen LogP contribution in [0.4, 0.5) is 5.69 Å². The maximum Gasteiger partial charge on any atom is 0.351 e. The number of nitriles is 1. The molecule has 26 heavy (non-hydrogen) atoms. The van der Waals surface area contributed by atoms with E-state index in [9.17, 15) is 14.9 Å². The average Bonchev–Trinajstić information content (AvgIpc) is 3.02. The van der Waals surface area contributed by atoms with Crippen LogP contribution in [-0.4, -0.2) is 45.4 Å². The van der Waals surface area contributed by atoms with Gasteiger partial charge in [-0.1, -0.05) is 30.5 Å². The predicted octanol–water partition coefficient (Wildman–Crippen LogP) is 2.25. The van der Waals surface area contributed by atoms with E-state index in [0.29, 0.717) is 18.2 Å². The minimum Gasteiger partial charge on any atom is -0.459 e. The third-order valence-corrected chi connectivity index (χ3v) is 4.57. The van der Waals surface area contributed by atoms with Gasteiger partial charge in [0.25, 0.3) is 0 Å². The Kier molecular flexibility index (Phi) is 7.26. The van der Waals surface area contributed by atoms with Crippen molar-refractivity contribution in [3.05, 3.63) is 47.5 Å². The molecule has 0 aromatic heterocycles. The number of esters is 2. The van der Waals surface area contributed by atoms with Gasteiger partial charge in [0.1, 0.15) is 24.3 Å². The molecule has 7 nitrogen and oxygen atoms in total. The summed E-state index contributed by atoms with van der Waals surface area (Å²) in [6.45, 7) is 3.94. The summed E-state index contributed by atoms with van der Waals surface area (Å²) in [6, 6.07) is 9.54. The SMILES string of the molecule is C=CC(=O)OCCOC(=O)C(C#N)=C1Sc2ccccc2N1CCOC. The fourth-order valence-electron chi connectivity index (χ4n) is 2.21. The van der Waals surface area contributed by atoms with E-state index in [1.165, 1.54) is 11.8 Å². The lowest BCUT2D eigenvalue weighted by molar-refractivity contribution is -0.146. The molecule has 1 aromatic carbocycles. The quantitative estimate of drug-likeness (QED) is 0.296. The molecular weight excluding hydrogens is 356 g/mol. The highest BCUT2D eigenvalue weighted by molar-refractivity contribution is 8.03. The van der Waals surface area contributed by atoms with Gasteiger partial charge in [0.05, 0.1) is 12.3 Å². The van der Waals surface area contributed by atoms with Crippen LogP contribution in [0.3, 0.4) is 0 Å². The molecular formula is C18H18N2O5S. The largest absolute Gasteiger partial charge is 0.459 e. The summed E-state index contributed by atoms with van der Waals surface area (Å²) < 4.78 is 14.9. The Morgan fingerprint density at radius 3 is 2.69 bits per heavy atom. The number of hydrogen-bond acceptors (Lipinski definition) is 8. The standard InChI is InChI=1S/C18H18N2O5S/c1-3-16(21)24-10-11-25-18(22)13(12-19)17-20(8-9-23-2)14-6-4-5-7-15(14)26-17/h3-7H,1,8-11H2,2H3. The second kappa shape index (κ2) is 9.65. The molecule has 0 saturated heterocycles. The van der Waals surface area contributed by atoms with Gasteiger partial charge in [-0.05, 0) is 12.1 Å². The number of para-hydroxylation sites is 1. The number of hydrogen-bond donors (Lipinski definition) is 0. The van der Waals surface area contributed by atoms with E-state index in [0.717, 1.165) is 16.7 Å². The van der Waals surface area contributed by atoms with E-state index in [4.69, 9.17) is 14.2 Å². The number of methoxy groups -OCH3 is 1. The zero-order valence-corrected chi connectivity index (χ0v) is 15.1. The highest BCUT2D eigenvalue weighted by atomic mass is 32.2. The van der Waals surface area contributed by atoms with Crippen molar-refractivity contribution in [1.82, 2.24) is 0 Å². The van der Waals surface area contributed by atoms with Crippen molar-refractivity contribution >= 4 is 29.4 Å². The molecule has 1 aliphatic rings. The molecule has 8 heteroatoms. The van der Waals surface area contributed by atoms with E-state index in [2.05, 4.69) is 6.58 Å². The van der Waals surface area contributed by atoms with Crippen LogP contribution in [0.15, 0.2) is 52.4 Å². The van der Waals surface area contributed by atoms with Gasteiger partial charge >= 0.3 is 11.9 Å². The third-order valence-electron chi connectivity index (χ3n) is 3.38. The van der Waals surface area contributed by atoms with Gasteiger partial charge in [0.15, 0.2) is 5.57 Å². The Labute approximate surface area is 155 Å². The second-order valence-electron chi connectivity index (χ2n) is 5.01. The maximum atomic E-state index is 12.3. The first-order valence-corrected chi connectivity index (χ1v) is 8.58. The van der Waals surface area contributed by atoms with E-state index in [-0.39, 0.29) is 18.8 Å². The summed E-state index contributed by atoms with van der Waals surface area (Å²) in [5, 5.41) is 9.98. The molecule has 0 radical (unpaired) electrons. The van der Waals surface area contributed by atoms with Crippen molar-refractivity contribution in [2.75, 3.05) is 38.4 Å². The molecule has 0 amide bonds. The number of rotatable bonds is 8. The first-order chi connectivity index (χ1) is 12.6. The van der Waals surface area contributed by atoms with Crippen LogP contribution in [0.25, 0.3) is 0 Å². The van der Waals surface area contributed by atoms with Crippen molar-refractivity contribution < 1.29 is 23.8 Å². The molecule has 0 atom stereocenters. The molecule has 136 valence electrons. The van der Waals surface area contributed by atoms with Gasteiger partial charge in [0.2, 0.25) is 0 Å². The molecule has 0 saturated carbocycles. The van der Waals surface area contributed by atoms with Gasteiger partial charge < -0.3 is 19.1 Å². The molecule has 0 unspecified atom stereocenters. The number of carbonyl (C=O) groups is 2. The molecule has 0 spiro atoms. The number of nitrogens with zero attached hydrogens (tertiary/aromatic N) is 2. The predicted molar refractivity (Wildman–Crippen MR) is 96.3 cm³/mol. The summed E-state index contributed by atoms with van der Waals surface area (Å²) in [4.78, 5) is 26.1. The third kappa shape index (κ3) is 4.65. The first-order valence-electron chi connectivity index (χ1n) is 7.76. The van der Waals surface area contributed by atoms with Crippen molar-refractivity contribution in [2.24, 2.45) is 0 Å². The first kappa shape index (κ1) is 19.6. The number of carbonyl (C=O) groups excluding carboxylic acids is 2. The zero-order chi connectivity index (χ0) is 18.9. The smallest absolute Gasteiger partial charge is 0.351 e. The van der Waals surface area contributed by atoms with Gasteiger partial charge in [-0.3, -0.25) is 0 Å². The second-order valence-corrected chi connectivity index (χ2v) is 6.04. The number of fused-ring (bicyclic) bond motifs is 1. The van der Waals surface area contributed by atoms with Crippen LogP contribution in [0.2, 0.25) is 0 Å². The van der Waals surface area contributed by atoms with E-state index < -0.39 is 11.9 Å². The number of benzene rings is 1. The molecule has 1 aliphatic heterocycles. The van der Waals surface area contributed by atoms with Crippen molar-refractivity contribution in [3.63, 3.8) is 0 Å². The summed E-state index contributed by atoms with van der Waals surface area (Å²) in [5.41, 5.74) is 0.808. The lowest BCUT2D eigenvalue weighted by Crippen LogP contribution is -2.25. The maximum absolute atomic E-state index is 12.3. The molecule has 1 heterocycles. The van der Waals surface area contributed by atoms with Crippen LogP contribution < -0.4 is 4.90 Å². The van der Waals surface area contributed by atoms with Gasteiger partial charge in [-0.15, -0.1) is 0 Å². The van der Waals surface area contributed by atoms with Crippen LogP contribution in [0.5, 0.6) is 0 Å². The Hall–Kier alpha value is -2.76. The van der Waals surface area contributed by atoms with E-state index >= 15 is 0 Å². The lowest BCUT2D eigenvalue weighted by Gasteiger charge is -2.20. The van der Waals surface area contributed by atoms with Gasteiger partial charge in [-0.25, -0.2) is 9.59 Å². The highest BCUT2D eigenvalue weighted by Crippen LogP contribution is 2.46. The zero-order valence-electron chi connectivity index (χ0n) is 14.3. The van der Waals surface area contributed by atoms with E-state index in [1.807, 2.05) is 35.2 Å². The number of ether oxygens (including phenoxy) is 3. The van der Waals surface area contributed by atoms with Gasteiger partial charge in [0, 0.05) is 24.6 Å². The van der Waals surface area contributed by atoms with Crippen molar-refractivity contribution in [3.8, 4) is 6.07 Å². The average molecular weight is 374 g/mol. The van der Waals surface area contributed by atoms with Crippen LogP contribution >= 0.6 is 11.8 Å². The minimum absolute atomic E-state index is 0.0997. The topological polar surface area (TPSA) is 88.9 Å².